The number of nitrogens with zero attached hydrogens (tertiary/aromatic N) is 1. The SMILES string of the molecule is C=CCN(CC(=O)O)C(=O)NCC1CCSCC1. The highest BCUT2D eigenvalue weighted by molar-refractivity contribution is 7.99. The lowest BCUT2D eigenvalue weighted by Crippen LogP contribution is -2.44. The standard InChI is InChI=1S/C12H20N2O3S/c1-2-5-14(9-11(15)16)12(17)13-8-10-3-6-18-7-4-10/h2,10H,1,3-9H2,(H,13,17)(H,15,16). The van der Waals surface area contributed by atoms with Crippen molar-refractivity contribution >= 4 is 23.8 Å². The number of nitrogens with one attached hydrogen (secondary N) is 1. The van der Waals surface area contributed by atoms with Gasteiger partial charge in [0.05, 0.1) is 0 Å². The lowest BCUT2D eigenvalue weighted by Gasteiger charge is -2.24. The highest BCUT2D eigenvalue weighted by atomic mass is 32.2. The molecule has 1 aliphatic heterocycles. The number of urea groups is 1. The second-order valence-corrected chi connectivity index (χ2v) is 5.53. The molecule has 0 saturated carbocycles. The molecule has 0 aromatic heterocycles. The number of carboxylic acid groups (broad SMARTS) is 1. The third-order valence-corrected chi connectivity index (χ3v) is 3.89. The second-order valence-electron chi connectivity index (χ2n) is 4.30. The molecule has 18 heavy (non-hydrogen) atoms. The van der Waals surface area contributed by atoms with Gasteiger partial charge in [-0.3, -0.25) is 4.79 Å². The van der Waals surface area contributed by atoms with Crippen molar-refractivity contribution in [3.8, 4) is 0 Å². The maximum absolute atomic E-state index is 11.8. The Morgan fingerprint density at radius 2 is 2.11 bits per heavy atom. The second kappa shape index (κ2) is 8.02. The number of aliphatic carboxylic acids is 1. The van der Waals surface area contributed by atoms with Gasteiger partial charge in [0.2, 0.25) is 0 Å². The van der Waals surface area contributed by atoms with E-state index in [-0.39, 0.29) is 19.1 Å². The van der Waals surface area contributed by atoms with E-state index in [9.17, 15) is 9.59 Å². The van der Waals surface area contributed by atoms with Crippen LogP contribution in [0.4, 0.5) is 4.79 Å². The predicted octanol–water partition coefficient (Wildman–Crippen LogP) is 1.41. The van der Waals surface area contributed by atoms with Crippen LogP contribution in [0, 0.1) is 5.92 Å². The lowest BCUT2D eigenvalue weighted by molar-refractivity contribution is -0.137. The van der Waals surface area contributed by atoms with Crippen molar-refractivity contribution in [2.24, 2.45) is 5.92 Å². The Kier molecular flexibility index (Phi) is 6.64. The number of carbonyl (C=O) groups excluding carboxylic acids is 1. The molecule has 1 aliphatic rings. The molecular weight excluding hydrogens is 252 g/mol. The molecule has 2 N–H and O–H groups in total. The van der Waals surface area contributed by atoms with Crippen LogP contribution in [0.25, 0.3) is 0 Å². The third-order valence-electron chi connectivity index (χ3n) is 2.85. The van der Waals surface area contributed by atoms with E-state index >= 15 is 0 Å². The summed E-state index contributed by atoms with van der Waals surface area (Å²) in [6.45, 7) is 4.11. The zero-order chi connectivity index (χ0) is 13.4. The van der Waals surface area contributed by atoms with E-state index in [4.69, 9.17) is 5.11 Å². The van der Waals surface area contributed by atoms with Crippen molar-refractivity contribution in [3.63, 3.8) is 0 Å². The van der Waals surface area contributed by atoms with Crippen LogP contribution in [0.1, 0.15) is 12.8 Å². The highest BCUT2D eigenvalue weighted by Crippen LogP contribution is 2.21. The maximum Gasteiger partial charge on any atom is 0.323 e. The molecule has 102 valence electrons. The molecule has 0 aromatic carbocycles. The van der Waals surface area contributed by atoms with Crippen LogP contribution in [0.3, 0.4) is 0 Å². The van der Waals surface area contributed by atoms with Gasteiger partial charge >= 0.3 is 12.0 Å². The Balaban J connectivity index is 2.35. The van der Waals surface area contributed by atoms with E-state index in [1.807, 2.05) is 11.8 Å². The molecule has 1 rings (SSSR count). The summed E-state index contributed by atoms with van der Waals surface area (Å²) in [5.41, 5.74) is 0. The third kappa shape index (κ3) is 5.44. The zero-order valence-corrected chi connectivity index (χ0v) is 11.2. The van der Waals surface area contributed by atoms with Gasteiger partial charge in [0.25, 0.3) is 0 Å². The van der Waals surface area contributed by atoms with Gasteiger partial charge in [0.15, 0.2) is 0 Å². The molecule has 5 nitrogen and oxygen atoms in total. The normalized spacial score (nSPS) is 16.0. The summed E-state index contributed by atoms with van der Waals surface area (Å²) < 4.78 is 0. The van der Waals surface area contributed by atoms with Gasteiger partial charge in [0, 0.05) is 13.1 Å². The summed E-state index contributed by atoms with van der Waals surface area (Å²) in [6.07, 6.45) is 3.76. The smallest absolute Gasteiger partial charge is 0.323 e. The largest absolute Gasteiger partial charge is 0.480 e. The molecule has 6 heteroatoms. The lowest BCUT2D eigenvalue weighted by atomic mass is 10.0. The van der Waals surface area contributed by atoms with Crippen LogP contribution in [0.2, 0.25) is 0 Å². The van der Waals surface area contributed by atoms with E-state index in [2.05, 4.69) is 11.9 Å². The van der Waals surface area contributed by atoms with Gasteiger partial charge in [-0.15, -0.1) is 6.58 Å². The topological polar surface area (TPSA) is 69.6 Å². The number of carbonyl (C=O) groups is 2. The van der Waals surface area contributed by atoms with Crippen molar-refractivity contribution in [1.29, 1.82) is 0 Å². The van der Waals surface area contributed by atoms with E-state index in [1.165, 1.54) is 11.0 Å². The molecule has 1 saturated heterocycles. The van der Waals surface area contributed by atoms with E-state index in [0.717, 1.165) is 24.3 Å². The number of carboxylic acids is 1. The average molecular weight is 272 g/mol. The van der Waals surface area contributed by atoms with Crippen molar-refractivity contribution < 1.29 is 14.7 Å². The van der Waals surface area contributed by atoms with Gasteiger partial charge in [-0.1, -0.05) is 6.08 Å². The predicted molar refractivity (Wildman–Crippen MR) is 72.9 cm³/mol. The van der Waals surface area contributed by atoms with E-state index < -0.39 is 5.97 Å². The van der Waals surface area contributed by atoms with Crippen molar-refractivity contribution in [2.75, 3.05) is 31.1 Å². The molecule has 0 unspecified atom stereocenters. The maximum atomic E-state index is 11.8. The number of hydrogen-bond acceptors (Lipinski definition) is 3. The molecule has 0 aliphatic carbocycles. The molecule has 0 atom stereocenters. The van der Waals surface area contributed by atoms with Crippen LogP contribution in [-0.4, -0.2) is 53.1 Å². The molecule has 1 fully saturated rings. The Bertz CT molecular complexity index is 304. The number of thioether (sulfide) groups is 1. The summed E-state index contributed by atoms with van der Waals surface area (Å²) >= 11 is 1.94. The first-order chi connectivity index (χ1) is 8.63. The first kappa shape index (κ1) is 14.9. The first-order valence-electron chi connectivity index (χ1n) is 6.06. The molecular formula is C12H20N2O3S. The molecule has 0 spiro atoms. The van der Waals surface area contributed by atoms with Gasteiger partial charge in [-0.25, -0.2) is 4.79 Å². The minimum atomic E-state index is -1.01. The van der Waals surface area contributed by atoms with Crippen LogP contribution < -0.4 is 5.32 Å². The van der Waals surface area contributed by atoms with Crippen LogP contribution in [-0.2, 0) is 4.79 Å². The summed E-state index contributed by atoms with van der Waals surface area (Å²) in [4.78, 5) is 23.7. The Morgan fingerprint density at radius 1 is 1.44 bits per heavy atom. The van der Waals surface area contributed by atoms with Crippen LogP contribution >= 0.6 is 11.8 Å². The molecule has 1 heterocycles. The fourth-order valence-electron chi connectivity index (χ4n) is 1.83. The van der Waals surface area contributed by atoms with Gasteiger partial charge in [-0.2, -0.15) is 11.8 Å². The number of rotatable bonds is 6. The van der Waals surface area contributed by atoms with Gasteiger partial charge < -0.3 is 15.3 Å². The Hall–Kier alpha value is -1.17. The van der Waals surface area contributed by atoms with E-state index in [0.29, 0.717) is 12.5 Å². The van der Waals surface area contributed by atoms with Crippen LogP contribution in [0.15, 0.2) is 12.7 Å². The average Bonchev–Trinajstić information content (AvgIpc) is 2.36. The molecule has 0 bridgehead atoms. The van der Waals surface area contributed by atoms with Crippen molar-refractivity contribution in [1.82, 2.24) is 10.2 Å². The quantitative estimate of drug-likeness (QED) is 0.717. The zero-order valence-electron chi connectivity index (χ0n) is 10.4. The summed E-state index contributed by atoms with van der Waals surface area (Å²) in [5, 5.41) is 11.5. The highest BCUT2D eigenvalue weighted by Gasteiger charge is 2.18. The van der Waals surface area contributed by atoms with Crippen molar-refractivity contribution in [2.45, 2.75) is 12.8 Å². The number of hydrogen-bond donors (Lipinski definition) is 2. The minimum Gasteiger partial charge on any atom is -0.480 e. The summed E-state index contributed by atoms with van der Waals surface area (Å²) in [7, 11) is 0. The first-order valence-corrected chi connectivity index (χ1v) is 7.22. The fourth-order valence-corrected chi connectivity index (χ4v) is 3.04. The Labute approximate surface area is 112 Å². The monoisotopic (exact) mass is 272 g/mol. The molecule has 2 amide bonds. The summed E-state index contributed by atoms with van der Waals surface area (Å²) in [5.74, 6) is 1.80. The van der Waals surface area contributed by atoms with Gasteiger partial charge in [0.1, 0.15) is 6.54 Å². The Morgan fingerprint density at radius 3 is 2.67 bits per heavy atom. The fraction of sp³-hybridized carbons (Fsp3) is 0.667. The molecule has 0 radical (unpaired) electrons. The van der Waals surface area contributed by atoms with E-state index in [1.54, 1.807) is 0 Å². The van der Waals surface area contributed by atoms with Crippen LogP contribution in [0.5, 0.6) is 0 Å². The minimum absolute atomic E-state index is 0.249. The summed E-state index contributed by atoms with van der Waals surface area (Å²) in [6, 6.07) is -0.324. The van der Waals surface area contributed by atoms with Crippen molar-refractivity contribution in [3.05, 3.63) is 12.7 Å². The van der Waals surface area contributed by atoms with Gasteiger partial charge in [-0.05, 0) is 30.3 Å². The molecule has 0 aromatic rings. The number of amides is 2.